The minimum absolute atomic E-state index is 0.190. The molecular weight excluding hydrogens is 328 g/mol. The van der Waals surface area contributed by atoms with Gasteiger partial charge in [0.25, 0.3) is 5.91 Å². The van der Waals surface area contributed by atoms with Crippen LogP contribution < -0.4 is 0 Å². The van der Waals surface area contributed by atoms with Crippen LogP contribution in [-0.4, -0.2) is 49.7 Å². The first-order valence-electron chi connectivity index (χ1n) is 7.80. The zero-order valence-corrected chi connectivity index (χ0v) is 14.5. The molecule has 128 valence electrons. The molecule has 0 unspecified atom stereocenters. The van der Waals surface area contributed by atoms with Crippen LogP contribution in [-0.2, 0) is 10.0 Å². The van der Waals surface area contributed by atoms with Crippen molar-refractivity contribution >= 4 is 15.9 Å². The van der Waals surface area contributed by atoms with Crippen LogP contribution in [0.15, 0.2) is 45.9 Å². The number of hydrogen-bond donors (Lipinski definition) is 0. The summed E-state index contributed by atoms with van der Waals surface area (Å²) in [4.78, 5) is 14.3. The molecule has 1 aliphatic rings. The largest absolute Gasteiger partial charge is 0.459 e. The van der Waals surface area contributed by atoms with Gasteiger partial charge in [-0.25, -0.2) is 8.42 Å². The Morgan fingerprint density at radius 3 is 2.17 bits per heavy atom. The highest BCUT2D eigenvalue weighted by Crippen LogP contribution is 2.20. The molecule has 6 nitrogen and oxygen atoms in total. The molecule has 0 radical (unpaired) electrons. The third-order valence-electron chi connectivity index (χ3n) is 4.24. The summed E-state index contributed by atoms with van der Waals surface area (Å²) in [6.07, 6.45) is 1.49. The maximum atomic E-state index is 12.7. The first-order chi connectivity index (χ1) is 11.4. The Labute approximate surface area is 141 Å². The Hall–Kier alpha value is -2.12. The molecular formula is C17H20N2O4S. The quantitative estimate of drug-likeness (QED) is 0.851. The Morgan fingerprint density at radius 2 is 1.62 bits per heavy atom. The van der Waals surface area contributed by atoms with E-state index in [1.807, 2.05) is 13.8 Å². The van der Waals surface area contributed by atoms with Crippen LogP contribution in [0, 0.1) is 13.8 Å². The molecule has 1 saturated heterocycles. The number of sulfonamides is 1. The van der Waals surface area contributed by atoms with E-state index >= 15 is 0 Å². The average Bonchev–Trinajstić information content (AvgIpc) is 3.01. The fraction of sp³-hybridized carbons (Fsp3) is 0.353. The molecule has 0 aliphatic carbocycles. The molecule has 0 N–H and O–H groups in total. The lowest BCUT2D eigenvalue weighted by Gasteiger charge is -2.33. The zero-order valence-electron chi connectivity index (χ0n) is 13.7. The van der Waals surface area contributed by atoms with E-state index in [2.05, 4.69) is 0 Å². The SMILES string of the molecule is Cc1ccc(S(=O)(=O)N2CCN(C(=O)c3occc3C)CC2)cc1. The van der Waals surface area contributed by atoms with E-state index in [1.165, 1.54) is 10.6 Å². The van der Waals surface area contributed by atoms with Crippen molar-refractivity contribution in [2.45, 2.75) is 18.7 Å². The number of carbonyl (C=O) groups is 1. The molecule has 7 heteroatoms. The van der Waals surface area contributed by atoms with Crippen molar-refractivity contribution in [3.63, 3.8) is 0 Å². The Morgan fingerprint density at radius 1 is 1.00 bits per heavy atom. The van der Waals surface area contributed by atoms with Crippen LogP contribution in [0.1, 0.15) is 21.7 Å². The number of furan rings is 1. The fourth-order valence-electron chi connectivity index (χ4n) is 2.73. The van der Waals surface area contributed by atoms with E-state index in [-0.39, 0.29) is 23.9 Å². The number of carbonyl (C=O) groups excluding carboxylic acids is 1. The maximum Gasteiger partial charge on any atom is 0.289 e. The molecule has 2 heterocycles. The molecule has 0 bridgehead atoms. The second-order valence-electron chi connectivity index (χ2n) is 5.94. The number of benzene rings is 1. The van der Waals surface area contributed by atoms with Crippen LogP contribution in [0.25, 0.3) is 0 Å². The molecule has 1 aliphatic heterocycles. The Kier molecular flexibility index (Phi) is 4.47. The summed E-state index contributed by atoms with van der Waals surface area (Å²) in [6, 6.07) is 8.55. The van der Waals surface area contributed by atoms with E-state index in [9.17, 15) is 13.2 Å². The zero-order chi connectivity index (χ0) is 17.3. The van der Waals surface area contributed by atoms with Crippen LogP contribution in [0.5, 0.6) is 0 Å². The molecule has 1 aromatic heterocycles. The lowest BCUT2D eigenvalue weighted by atomic mass is 10.2. The smallest absolute Gasteiger partial charge is 0.289 e. The summed E-state index contributed by atoms with van der Waals surface area (Å²) in [5.41, 5.74) is 1.80. The minimum atomic E-state index is -3.52. The average molecular weight is 348 g/mol. The number of piperazine rings is 1. The van der Waals surface area contributed by atoms with Crippen LogP contribution >= 0.6 is 0 Å². The fourth-order valence-corrected chi connectivity index (χ4v) is 4.15. The van der Waals surface area contributed by atoms with E-state index in [0.29, 0.717) is 18.8 Å². The van der Waals surface area contributed by atoms with Crippen molar-refractivity contribution in [1.29, 1.82) is 0 Å². The summed E-state index contributed by atoms with van der Waals surface area (Å²) in [6.45, 7) is 4.99. The summed E-state index contributed by atoms with van der Waals surface area (Å²) in [5.74, 6) is 0.134. The van der Waals surface area contributed by atoms with E-state index < -0.39 is 10.0 Å². The normalized spacial score (nSPS) is 16.3. The predicted molar refractivity (Wildman–Crippen MR) is 89.3 cm³/mol. The topological polar surface area (TPSA) is 70.8 Å². The molecule has 1 amide bonds. The molecule has 0 spiro atoms. The van der Waals surface area contributed by atoms with Gasteiger partial charge in [-0.2, -0.15) is 4.31 Å². The van der Waals surface area contributed by atoms with Gasteiger partial charge in [-0.3, -0.25) is 4.79 Å². The highest BCUT2D eigenvalue weighted by molar-refractivity contribution is 7.89. The van der Waals surface area contributed by atoms with Crippen molar-refractivity contribution < 1.29 is 17.6 Å². The molecule has 1 aromatic carbocycles. The van der Waals surface area contributed by atoms with E-state index in [0.717, 1.165) is 11.1 Å². The number of rotatable bonds is 3. The van der Waals surface area contributed by atoms with Gasteiger partial charge in [0.1, 0.15) is 0 Å². The van der Waals surface area contributed by atoms with Gasteiger partial charge in [0.15, 0.2) is 5.76 Å². The summed E-state index contributed by atoms with van der Waals surface area (Å²) in [5, 5.41) is 0. The van der Waals surface area contributed by atoms with E-state index in [1.54, 1.807) is 35.2 Å². The van der Waals surface area contributed by atoms with Gasteiger partial charge in [0, 0.05) is 31.7 Å². The molecule has 3 rings (SSSR count). The summed E-state index contributed by atoms with van der Waals surface area (Å²) >= 11 is 0. The lowest BCUT2D eigenvalue weighted by molar-refractivity contribution is 0.0665. The van der Waals surface area contributed by atoms with Crippen LogP contribution in [0.4, 0.5) is 0 Å². The highest BCUT2D eigenvalue weighted by Gasteiger charge is 2.31. The second kappa shape index (κ2) is 6.41. The third kappa shape index (κ3) is 3.09. The molecule has 2 aromatic rings. The van der Waals surface area contributed by atoms with Crippen molar-refractivity contribution in [3.05, 3.63) is 53.5 Å². The first-order valence-corrected chi connectivity index (χ1v) is 9.24. The number of hydrogen-bond acceptors (Lipinski definition) is 4. The second-order valence-corrected chi connectivity index (χ2v) is 7.88. The number of aryl methyl sites for hydroxylation is 2. The summed E-state index contributed by atoms with van der Waals surface area (Å²) < 4.78 is 32.0. The Bertz CT molecular complexity index is 832. The molecule has 0 saturated carbocycles. The van der Waals surface area contributed by atoms with Gasteiger partial charge in [-0.1, -0.05) is 17.7 Å². The van der Waals surface area contributed by atoms with Gasteiger partial charge >= 0.3 is 0 Å². The van der Waals surface area contributed by atoms with Crippen molar-refractivity contribution in [1.82, 2.24) is 9.21 Å². The van der Waals surface area contributed by atoms with Gasteiger partial charge in [0.2, 0.25) is 10.0 Å². The molecule has 1 fully saturated rings. The molecule has 0 atom stereocenters. The van der Waals surface area contributed by atoms with Gasteiger partial charge < -0.3 is 9.32 Å². The van der Waals surface area contributed by atoms with Gasteiger partial charge in [-0.05, 0) is 32.0 Å². The predicted octanol–water partition coefficient (Wildman–Crippen LogP) is 2.04. The van der Waals surface area contributed by atoms with Crippen LogP contribution in [0.3, 0.4) is 0 Å². The first kappa shape index (κ1) is 16.7. The number of amides is 1. The standard InChI is InChI=1S/C17H20N2O4S/c1-13-3-5-15(6-4-13)24(21,22)19-10-8-18(9-11-19)17(20)16-14(2)7-12-23-16/h3-7,12H,8-11H2,1-2H3. The van der Waals surface area contributed by atoms with Crippen LogP contribution in [0.2, 0.25) is 0 Å². The molecule has 24 heavy (non-hydrogen) atoms. The minimum Gasteiger partial charge on any atom is -0.459 e. The van der Waals surface area contributed by atoms with Gasteiger partial charge in [0.05, 0.1) is 11.2 Å². The van der Waals surface area contributed by atoms with Crippen molar-refractivity contribution in [3.8, 4) is 0 Å². The lowest BCUT2D eigenvalue weighted by Crippen LogP contribution is -2.50. The summed E-state index contributed by atoms with van der Waals surface area (Å²) in [7, 11) is -3.52. The third-order valence-corrected chi connectivity index (χ3v) is 6.15. The maximum absolute atomic E-state index is 12.7. The van der Waals surface area contributed by atoms with E-state index in [4.69, 9.17) is 4.42 Å². The Balaban J connectivity index is 1.69. The van der Waals surface area contributed by atoms with Gasteiger partial charge in [-0.15, -0.1) is 0 Å². The highest BCUT2D eigenvalue weighted by atomic mass is 32.2. The van der Waals surface area contributed by atoms with Crippen molar-refractivity contribution in [2.75, 3.05) is 26.2 Å². The number of nitrogens with zero attached hydrogens (tertiary/aromatic N) is 2. The van der Waals surface area contributed by atoms with Crippen molar-refractivity contribution in [2.24, 2.45) is 0 Å². The monoisotopic (exact) mass is 348 g/mol.